The van der Waals surface area contributed by atoms with E-state index in [1.54, 1.807) is 38.4 Å². The Kier molecular flexibility index (Phi) is 4.53. The van der Waals surface area contributed by atoms with Gasteiger partial charge in [0.1, 0.15) is 5.75 Å². The van der Waals surface area contributed by atoms with Gasteiger partial charge >= 0.3 is 12.1 Å². The van der Waals surface area contributed by atoms with Crippen LogP contribution in [0.3, 0.4) is 0 Å². The lowest BCUT2D eigenvalue weighted by Gasteiger charge is -2.13. The van der Waals surface area contributed by atoms with Crippen molar-refractivity contribution in [1.82, 2.24) is 9.13 Å². The normalized spacial score (nSPS) is 11.8. The van der Waals surface area contributed by atoms with E-state index in [9.17, 15) is 22.8 Å². The number of rotatable bonds is 3. The molecule has 0 saturated carbocycles. The number of benzene rings is 2. The predicted octanol–water partition coefficient (Wildman–Crippen LogP) is 4.16. The van der Waals surface area contributed by atoms with Crippen LogP contribution in [-0.2, 0) is 7.05 Å². The number of hydrogen-bond acceptors (Lipinski definition) is 4. The van der Waals surface area contributed by atoms with E-state index in [1.807, 2.05) is 0 Å². The van der Waals surface area contributed by atoms with Crippen molar-refractivity contribution in [3.8, 4) is 22.6 Å². The van der Waals surface area contributed by atoms with Crippen molar-refractivity contribution in [3.63, 3.8) is 0 Å². The van der Waals surface area contributed by atoms with E-state index < -0.39 is 12.1 Å². The van der Waals surface area contributed by atoms with Gasteiger partial charge in [0.05, 0.1) is 5.52 Å². The molecule has 0 fully saturated rings. The van der Waals surface area contributed by atoms with Gasteiger partial charge in [-0.25, -0.2) is 4.79 Å². The lowest BCUT2D eigenvalue weighted by Crippen LogP contribution is -2.19. The highest BCUT2D eigenvalue weighted by molar-refractivity contribution is 5.81. The summed E-state index contributed by atoms with van der Waals surface area (Å²) in [7, 11) is 1.60. The lowest BCUT2D eigenvalue weighted by molar-refractivity contribution is -0.274. The van der Waals surface area contributed by atoms with Crippen molar-refractivity contribution >= 4 is 11.1 Å². The van der Waals surface area contributed by atoms with Crippen LogP contribution in [0.25, 0.3) is 27.9 Å². The van der Waals surface area contributed by atoms with Gasteiger partial charge in [-0.2, -0.15) is 0 Å². The number of aromatic nitrogens is 2. The Labute approximate surface area is 167 Å². The number of oxazole rings is 1. The van der Waals surface area contributed by atoms with E-state index in [2.05, 4.69) is 4.74 Å². The number of fused-ring (bicyclic) bond motifs is 1. The third kappa shape index (κ3) is 3.61. The van der Waals surface area contributed by atoms with E-state index >= 15 is 0 Å². The molecule has 0 unspecified atom stereocenters. The molecule has 2 aromatic heterocycles. The molecule has 0 aliphatic heterocycles. The first kappa shape index (κ1) is 19.6. The fourth-order valence-electron chi connectivity index (χ4n) is 3.24. The molecule has 0 aliphatic rings. The van der Waals surface area contributed by atoms with Gasteiger partial charge in [-0.15, -0.1) is 13.2 Å². The monoisotopic (exact) mass is 416 g/mol. The summed E-state index contributed by atoms with van der Waals surface area (Å²) in [5, 5.41) is 0. The molecule has 0 atom stereocenters. The highest BCUT2D eigenvalue weighted by Crippen LogP contribution is 2.27. The molecule has 0 saturated heterocycles. The van der Waals surface area contributed by atoms with Gasteiger partial charge in [-0.3, -0.25) is 13.9 Å². The van der Waals surface area contributed by atoms with Gasteiger partial charge in [0.25, 0.3) is 5.56 Å². The van der Waals surface area contributed by atoms with Crippen molar-refractivity contribution in [2.45, 2.75) is 13.3 Å². The van der Waals surface area contributed by atoms with Crippen LogP contribution in [0, 0.1) is 6.92 Å². The van der Waals surface area contributed by atoms with Gasteiger partial charge in [-0.05, 0) is 54.4 Å². The SMILES string of the molecule is Cc1cc(=O)n(-c2ccc(OC(F)(F)F)cc2)cc1-c1ccc2c(c1)oc(=O)n2C. The van der Waals surface area contributed by atoms with Crippen molar-refractivity contribution in [3.05, 3.63) is 81.2 Å². The first-order valence-corrected chi connectivity index (χ1v) is 8.82. The van der Waals surface area contributed by atoms with Crippen LogP contribution in [-0.4, -0.2) is 15.5 Å². The van der Waals surface area contributed by atoms with Crippen molar-refractivity contribution < 1.29 is 22.3 Å². The van der Waals surface area contributed by atoms with Gasteiger partial charge in [0.15, 0.2) is 5.58 Å². The number of halogens is 3. The Bertz CT molecular complexity index is 1360. The molecule has 0 N–H and O–H groups in total. The zero-order valence-corrected chi connectivity index (χ0v) is 15.9. The van der Waals surface area contributed by atoms with Crippen molar-refractivity contribution in [2.75, 3.05) is 0 Å². The van der Waals surface area contributed by atoms with Gasteiger partial charge in [-0.1, -0.05) is 6.07 Å². The fourth-order valence-corrected chi connectivity index (χ4v) is 3.24. The molecule has 0 radical (unpaired) electrons. The Morgan fingerprint density at radius 2 is 1.70 bits per heavy atom. The Morgan fingerprint density at radius 3 is 2.37 bits per heavy atom. The van der Waals surface area contributed by atoms with Crippen LogP contribution in [0.4, 0.5) is 13.2 Å². The van der Waals surface area contributed by atoms with Crippen LogP contribution in [0.5, 0.6) is 5.75 Å². The molecule has 0 bridgehead atoms. The van der Waals surface area contributed by atoms with Gasteiger partial charge in [0.2, 0.25) is 0 Å². The summed E-state index contributed by atoms with van der Waals surface area (Å²) in [6, 6.07) is 11.7. The minimum atomic E-state index is -4.79. The smallest absolute Gasteiger partial charge is 0.408 e. The van der Waals surface area contributed by atoms with Crippen molar-refractivity contribution in [2.24, 2.45) is 7.05 Å². The van der Waals surface area contributed by atoms with Gasteiger partial charge < -0.3 is 9.15 Å². The van der Waals surface area contributed by atoms with Crippen LogP contribution < -0.4 is 16.1 Å². The lowest BCUT2D eigenvalue weighted by atomic mass is 10.0. The molecule has 2 aromatic carbocycles. The minimum Gasteiger partial charge on any atom is -0.408 e. The van der Waals surface area contributed by atoms with Gasteiger partial charge in [0, 0.05) is 30.6 Å². The largest absolute Gasteiger partial charge is 0.573 e. The quantitative estimate of drug-likeness (QED) is 0.503. The summed E-state index contributed by atoms with van der Waals surface area (Å²) in [4.78, 5) is 24.2. The molecule has 0 aliphatic carbocycles. The standard InChI is InChI=1S/C21H15F3N2O4/c1-12-9-19(27)26(14-4-6-15(7-5-14)30-21(22,23)24)11-16(12)13-3-8-17-18(10-13)29-20(28)25(17)2/h3-11H,1-2H3. The molecular weight excluding hydrogens is 401 g/mol. The first-order chi connectivity index (χ1) is 14.1. The second-order valence-corrected chi connectivity index (χ2v) is 6.73. The highest BCUT2D eigenvalue weighted by atomic mass is 19.4. The molecule has 4 rings (SSSR count). The van der Waals surface area contributed by atoms with Crippen LogP contribution >= 0.6 is 0 Å². The number of pyridine rings is 1. The Hall–Kier alpha value is -3.75. The van der Waals surface area contributed by atoms with E-state index in [0.717, 1.165) is 17.7 Å². The van der Waals surface area contributed by atoms with E-state index in [0.29, 0.717) is 27.9 Å². The molecule has 30 heavy (non-hydrogen) atoms. The minimum absolute atomic E-state index is 0.340. The maximum atomic E-state index is 12.5. The number of nitrogens with zero attached hydrogens (tertiary/aromatic N) is 2. The summed E-state index contributed by atoms with van der Waals surface area (Å²) in [5.41, 5.74) is 3.21. The second-order valence-electron chi connectivity index (χ2n) is 6.73. The van der Waals surface area contributed by atoms with E-state index in [4.69, 9.17) is 4.42 Å². The van der Waals surface area contributed by atoms with Crippen LogP contribution in [0.1, 0.15) is 5.56 Å². The summed E-state index contributed by atoms with van der Waals surface area (Å²) in [5.74, 6) is -0.860. The average Bonchev–Trinajstić information content (AvgIpc) is 2.95. The summed E-state index contributed by atoms with van der Waals surface area (Å²) in [6.07, 6.45) is -3.19. The van der Waals surface area contributed by atoms with E-state index in [-0.39, 0.29) is 11.3 Å². The maximum absolute atomic E-state index is 12.5. The average molecular weight is 416 g/mol. The Balaban J connectivity index is 1.78. The zero-order chi connectivity index (χ0) is 21.6. The van der Waals surface area contributed by atoms with E-state index in [1.165, 1.54) is 27.3 Å². The predicted molar refractivity (Wildman–Crippen MR) is 104 cm³/mol. The summed E-state index contributed by atoms with van der Waals surface area (Å²) >= 11 is 0. The molecule has 9 heteroatoms. The van der Waals surface area contributed by atoms with Crippen molar-refractivity contribution in [1.29, 1.82) is 0 Å². The molecular formula is C21H15F3N2O4. The summed E-state index contributed by atoms with van der Waals surface area (Å²) in [6.45, 7) is 1.77. The third-order valence-electron chi connectivity index (χ3n) is 4.71. The van der Waals surface area contributed by atoms with Crippen LogP contribution in [0.15, 0.2) is 68.7 Å². The highest BCUT2D eigenvalue weighted by Gasteiger charge is 2.31. The second kappa shape index (κ2) is 6.94. The maximum Gasteiger partial charge on any atom is 0.573 e. The first-order valence-electron chi connectivity index (χ1n) is 8.82. The number of alkyl halides is 3. The molecule has 154 valence electrons. The third-order valence-corrected chi connectivity index (χ3v) is 4.71. The molecule has 2 heterocycles. The number of ether oxygens (including phenoxy) is 1. The summed E-state index contributed by atoms with van der Waals surface area (Å²) < 4.78 is 48.8. The topological polar surface area (TPSA) is 66.4 Å². The molecule has 0 spiro atoms. The van der Waals surface area contributed by atoms with Crippen LogP contribution in [0.2, 0.25) is 0 Å². The molecule has 0 amide bonds. The number of aryl methyl sites for hydroxylation is 2. The number of hydrogen-bond donors (Lipinski definition) is 0. The zero-order valence-electron chi connectivity index (χ0n) is 15.9. The molecule has 4 aromatic rings. The fraction of sp³-hybridized carbons (Fsp3) is 0.143. The Morgan fingerprint density at radius 1 is 1.00 bits per heavy atom. The molecule has 6 nitrogen and oxygen atoms in total.